The third-order valence-electron chi connectivity index (χ3n) is 4.98. The third kappa shape index (κ3) is 4.00. The Morgan fingerprint density at radius 2 is 2.17 bits per heavy atom. The average molecular weight is 415 g/mol. The van der Waals surface area contributed by atoms with Gasteiger partial charge in [-0.3, -0.25) is 4.79 Å². The van der Waals surface area contributed by atoms with Gasteiger partial charge in [-0.15, -0.1) is 0 Å². The van der Waals surface area contributed by atoms with Gasteiger partial charge >= 0.3 is 0 Å². The first kappa shape index (κ1) is 17.9. The zero-order chi connectivity index (χ0) is 17.4. The van der Waals surface area contributed by atoms with E-state index in [0.717, 1.165) is 42.3 Å². The van der Waals surface area contributed by atoms with Crippen molar-refractivity contribution in [1.29, 1.82) is 0 Å². The molecule has 1 amide bonds. The summed E-state index contributed by atoms with van der Waals surface area (Å²) < 4.78 is 26.1. The van der Waals surface area contributed by atoms with Crippen LogP contribution in [0.15, 0.2) is 28.7 Å². The Hall–Kier alpha value is -0.920. The van der Waals surface area contributed by atoms with E-state index in [-0.39, 0.29) is 17.2 Å². The lowest BCUT2D eigenvalue weighted by atomic mass is 9.91. The standard InChI is InChI=1S/C17H23BrN2O3S/c1-24(22,23)19-11-13-4-3-9-20(12-13)16(21)17(7-8-17)14-5-2-6-15(18)10-14/h2,5-6,10,13,19H,3-4,7-9,11-12H2,1H3. The van der Waals surface area contributed by atoms with Crippen LogP contribution in [0.1, 0.15) is 31.2 Å². The van der Waals surface area contributed by atoms with Gasteiger partial charge in [0.25, 0.3) is 0 Å². The average Bonchev–Trinajstić information content (AvgIpc) is 3.34. The number of sulfonamides is 1. The van der Waals surface area contributed by atoms with Crippen molar-refractivity contribution in [2.24, 2.45) is 5.92 Å². The number of carbonyl (C=O) groups is 1. The van der Waals surface area contributed by atoms with Crippen molar-refractivity contribution in [3.8, 4) is 0 Å². The van der Waals surface area contributed by atoms with Crippen LogP contribution in [0.25, 0.3) is 0 Å². The molecule has 1 aromatic carbocycles. The molecule has 132 valence electrons. The summed E-state index contributed by atoms with van der Waals surface area (Å²) in [4.78, 5) is 15.0. The molecule has 0 radical (unpaired) electrons. The van der Waals surface area contributed by atoms with Crippen molar-refractivity contribution in [2.45, 2.75) is 31.1 Å². The second-order valence-corrected chi connectivity index (χ2v) is 9.72. The molecule has 1 aromatic rings. The summed E-state index contributed by atoms with van der Waals surface area (Å²) in [6.45, 7) is 1.81. The van der Waals surface area contributed by atoms with E-state index in [2.05, 4.69) is 20.7 Å². The minimum atomic E-state index is -3.18. The van der Waals surface area contributed by atoms with Gasteiger partial charge in [0, 0.05) is 24.1 Å². The molecule has 2 aliphatic rings. The van der Waals surface area contributed by atoms with E-state index in [1.807, 2.05) is 29.2 Å². The molecule has 0 bridgehead atoms. The molecular formula is C17H23BrN2O3S. The summed E-state index contributed by atoms with van der Waals surface area (Å²) in [5.74, 6) is 0.389. The monoisotopic (exact) mass is 414 g/mol. The van der Waals surface area contributed by atoms with Crippen molar-refractivity contribution in [2.75, 3.05) is 25.9 Å². The van der Waals surface area contributed by atoms with Crippen LogP contribution in [-0.4, -0.2) is 45.1 Å². The molecule has 1 heterocycles. The molecule has 2 fully saturated rings. The number of likely N-dealkylation sites (tertiary alicyclic amines) is 1. The number of hydrogen-bond donors (Lipinski definition) is 1. The molecule has 1 saturated carbocycles. The van der Waals surface area contributed by atoms with Gasteiger partial charge < -0.3 is 4.90 Å². The number of halogens is 1. The highest BCUT2D eigenvalue weighted by atomic mass is 79.9. The number of piperidine rings is 1. The Bertz CT molecular complexity index is 731. The number of nitrogens with one attached hydrogen (secondary N) is 1. The van der Waals surface area contributed by atoms with Crippen LogP contribution in [0.4, 0.5) is 0 Å². The highest BCUT2D eigenvalue weighted by Gasteiger charge is 2.53. The number of hydrogen-bond acceptors (Lipinski definition) is 3. The van der Waals surface area contributed by atoms with Gasteiger partial charge in [0.2, 0.25) is 15.9 Å². The van der Waals surface area contributed by atoms with Crippen LogP contribution in [0, 0.1) is 5.92 Å². The lowest BCUT2D eigenvalue weighted by molar-refractivity contribution is -0.135. The smallest absolute Gasteiger partial charge is 0.233 e. The summed E-state index contributed by atoms with van der Waals surface area (Å²) in [6.07, 6.45) is 4.84. The van der Waals surface area contributed by atoms with E-state index in [0.29, 0.717) is 13.1 Å². The molecule has 7 heteroatoms. The largest absolute Gasteiger partial charge is 0.342 e. The number of carbonyl (C=O) groups excluding carboxylic acids is 1. The highest BCUT2D eigenvalue weighted by molar-refractivity contribution is 9.10. The topological polar surface area (TPSA) is 66.5 Å². The molecule has 0 spiro atoms. The van der Waals surface area contributed by atoms with Crippen molar-refractivity contribution in [3.63, 3.8) is 0 Å². The van der Waals surface area contributed by atoms with Gasteiger partial charge in [-0.25, -0.2) is 13.1 Å². The first-order valence-electron chi connectivity index (χ1n) is 8.30. The van der Waals surface area contributed by atoms with Crippen LogP contribution in [0.2, 0.25) is 0 Å². The Morgan fingerprint density at radius 3 is 2.79 bits per heavy atom. The molecule has 1 N–H and O–H groups in total. The molecule has 0 aromatic heterocycles. The molecule has 3 rings (SSSR count). The van der Waals surface area contributed by atoms with E-state index in [9.17, 15) is 13.2 Å². The molecule has 1 aliphatic carbocycles. The number of amides is 1. The lowest BCUT2D eigenvalue weighted by Gasteiger charge is -2.35. The summed E-state index contributed by atoms with van der Waals surface area (Å²) in [7, 11) is -3.18. The normalized spacial score (nSPS) is 23.1. The van der Waals surface area contributed by atoms with Crippen LogP contribution in [0.3, 0.4) is 0 Å². The van der Waals surface area contributed by atoms with Gasteiger partial charge in [0.1, 0.15) is 0 Å². The Balaban J connectivity index is 1.68. The zero-order valence-corrected chi connectivity index (χ0v) is 16.2. The highest BCUT2D eigenvalue weighted by Crippen LogP contribution is 2.50. The number of benzene rings is 1. The van der Waals surface area contributed by atoms with Gasteiger partial charge in [-0.05, 0) is 49.3 Å². The van der Waals surface area contributed by atoms with Gasteiger partial charge in [-0.1, -0.05) is 28.1 Å². The second-order valence-electron chi connectivity index (χ2n) is 6.97. The maximum atomic E-state index is 13.1. The number of nitrogens with zero attached hydrogens (tertiary/aromatic N) is 1. The van der Waals surface area contributed by atoms with E-state index < -0.39 is 10.0 Å². The van der Waals surface area contributed by atoms with Crippen molar-refractivity contribution in [1.82, 2.24) is 9.62 Å². The Morgan fingerprint density at radius 1 is 1.42 bits per heavy atom. The summed E-state index contributed by atoms with van der Waals surface area (Å²) in [5, 5.41) is 0. The molecule has 1 unspecified atom stereocenters. The predicted molar refractivity (Wildman–Crippen MR) is 97.2 cm³/mol. The van der Waals surface area contributed by atoms with Crippen molar-refractivity contribution >= 4 is 31.9 Å². The van der Waals surface area contributed by atoms with Crippen LogP contribution < -0.4 is 4.72 Å². The second kappa shape index (κ2) is 6.77. The summed E-state index contributed by atoms with van der Waals surface area (Å²) >= 11 is 3.49. The van der Waals surface area contributed by atoms with Crippen LogP contribution >= 0.6 is 15.9 Å². The van der Waals surface area contributed by atoms with E-state index in [1.165, 1.54) is 6.26 Å². The lowest BCUT2D eigenvalue weighted by Crippen LogP contribution is -2.47. The maximum Gasteiger partial charge on any atom is 0.233 e. The Kier molecular flexibility index (Phi) is 5.04. The van der Waals surface area contributed by atoms with E-state index >= 15 is 0 Å². The molecule has 24 heavy (non-hydrogen) atoms. The van der Waals surface area contributed by atoms with Gasteiger partial charge in [-0.2, -0.15) is 0 Å². The summed E-state index contributed by atoms with van der Waals surface area (Å²) in [6, 6.07) is 8.01. The molecule has 5 nitrogen and oxygen atoms in total. The first-order valence-corrected chi connectivity index (χ1v) is 11.0. The minimum Gasteiger partial charge on any atom is -0.342 e. The first-order chi connectivity index (χ1) is 11.3. The van der Waals surface area contributed by atoms with Gasteiger partial charge in [0.15, 0.2) is 0 Å². The Labute approximate surface area is 152 Å². The van der Waals surface area contributed by atoms with E-state index in [4.69, 9.17) is 0 Å². The third-order valence-corrected chi connectivity index (χ3v) is 6.16. The molecule has 1 atom stereocenters. The fourth-order valence-electron chi connectivity index (χ4n) is 3.53. The minimum absolute atomic E-state index is 0.190. The number of rotatable bonds is 5. The molecular weight excluding hydrogens is 392 g/mol. The molecule has 1 aliphatic heterocycles. The fraction of sp³-hybridized carbons (Fsp3) is 0.588. The van der Waals surface area contributed by atoms with Crippen molar-refractivity contribution in [3.05, 3.63) is 34.3 Å². The quantitative estimate of drug-likeness (QED) is 0.803. The summed E-state index contributed by atoms with van der Waals surface area (Å²) in [5.41, 5.74) is 0.717. The van der Waals surface area contributed by atoms with Crippen LogP contribution in [0.5, 0.6) is 0 Å². The van der Waals surface area contributed by atoms with Crippen LogP contribution in [-0.2, 0) is 20.2 Å². The van der Waals surface area contributed by atoms with Crippen molar-refractivity contribution < 1.29 is 13.2 Å². The zero-order valence-electron chi connectivity index (χ0n) is 13.8. The molecule has 1 saturated heterocycles. The SMILES string of the molecule is CS(=O)(=O)NCC1CCCN(C(=O)C2(c3cccc(Br)c3)CC2)C1. The van der Waals surface area contributed by atoms with E-state index in [1.54, 1.807) is 0 Å². The maximum absolute atomic E-state index is 13.1. The predicted octanol–water partition coefficient (Wildman–Crippen LogP) is 2.27. The fourth-order valence-corrected chi connectivity index (χ4v) is 4.46. The van der Waals surface area contributed by atoms with Gasteiger partial charge in [0.05, 0.1) is 11.7 Å².